The van der Waals surface area contributed by atoms with Gasteiger partial charge in [-0.15, -0.1) is 0 Å². The van der Waals surface area contributed by atoms with E-state index >= 15 is 0 Å². The van der Waals surface area contributed by atoms with Gasteiger partial charge < -0.3 is 4.90 Å². The van der Waals surface area contributed by atoms with Crippen LogP contribution in [0.25, 0.3) is 66.1 Å². The monoisotopic (exact) mass is 915 g/mol. The van der Waals surface area contributed by atoms with E-state index in [4.69, 9.17) is 0 Å². The molecule has 0 aromatic heterocycles. The number of anilines is 3. The van der Waals surface area contributed by atoms with E-state index in [1.54, 1.807) is 0 Å². The molecule has 2 aliphatic carbocycles. The number of nitrogens with zero attached hydrogens (tertiary/aromatic N) is 1. The Morgan fingerprint density at radius 3 is 1.19 bits per heavy atom. The molecule has 0 saturated carbocycles. The molecule has 1 atom stereocenters. The standard InChI is InChI=1S/C71H49N/c1-70(50-24-8-3-9-25-50)64-36-20-18-32-58(64)60-44-42-54(46-66(60)70)72(55-43-45-61-59-33-19-21-37-65(59)71(67(61)47-55,51-26-10-4-11-27-51)52-28-12-5-13-29-52)53-40-38-49(39-41-53)69-63-35-17-15-31-57(63)56-30-14-16-34-62(56)68(69)48-22-6-2-7-23-48/h2-47H,1H3. The quantitative estimate of drug-likeness (QED) is 0.137. The molecule has 14 rings (SSSR count). The van der Waals surface area contributed by atoms with Gasteiger partial charge in [-0.25, -0.2) is 0 Å². The average Bonchev–Trinajstić information content (AvgIpc) is 3.90. The molecule has 72 heavy (non-hydrogen) atoms. The zero-order valence-corrected chi connectivity index (χ0v) is 40.0. The molecular formula is C71H49N. The summed E-state index contributed by atoms with van der Waals surface area (Å²) in [6.45, 7) is 2.41. The van der Waals surface area contributed by atoms with Gasteiger partial charge in [0.1, 0.15) is 0 Å². The van der Waals surface area contributed by atoms with E-state index in [0.29, 0.717) is 0 Å². The van der Waals surface area contributed by atoms with Gasteiger partial charge in [0.25, 0.3) is 0 Å². The van der Waals surface area contributed by atoms with E-state index in [9.17, 15) is 0 Å². The molecule has 0 amide bonds. The van der Waals surface area contributed by atoms with Crippen LogP contribution in [0.1, 0.15) is 45.9 Å². The number of fused-ring (bicyclic) bond motifs is 9. The molecule has 0 N–H and O–H groups in total. The molecule has 338 valence electrons. The van der Waals surface area contributed by atoms with Gasteiger partial charge in [-0.3, -0.25) is 0 Å². The summed E-state index contributed by atoms with van der Waals surface area (Å²) in [6, 6.07) is 104. The van der Waals surface area contributed by atoms with E-state index in [1.807, 2.05) is 0 Å². The van der Waals surface area contributed by atoms with Crippen molar-refractivity contribution < 1.29 is 0 Å². The van der Waals surface area contributed by atoms with Crippen molar-refractivity contribution >= 4 is 38.6 Å². The van der Waals surface area contributed by atoms with Crippen LogP contribution in [0.2, 0.25) is 0 Å². The summed E-state index contributed by atoms with van der Waals surface area (Å²) in [5.74, 6) is 0. The lowest BCUT2D eigenvalue weighted by Crippen LogP contribution is -2.28. The summed E-state index contributed by atoms with van der Waals surface area (Å²) in [6.07, 6.45) is 0. The summed E-state index contributed by atoms with van der Waals surface area (Å²) in [5, 5.41) is 5.02. The zero-order chi connectivity index (χ0) is 47.8. The van der Waals surface area contributed by atoms with Crippen LogP contribution < -0.4 is 4.90 Å². The Morgan fingerprint density at radius 2 is 0.639 bits per heavy atom. The highest BCUT2D eigenvalue weighted by Crippen LogP contribution is 2.58. The van der Waals surface area contributed by atoms with Crippen LogP contribution in [-0.2, 0) is 10.8 Å². The Hall–Kier alpha value is -9.04. The van der Waals surface area contributed by atoms with Crippen LogP contribution in [0.15, 0.2) is 279 Å². The highest BCUT2D eigenvalue weighted by molar-refractivity contribution is 6.21. The van der Waals surface area contributed by atoms with Gasteiger partial charge in [-0.05, 0) is 148 Å². The van der Waals surface area contributed by atoms with Crippen LogP contribution in [0.4, 0.5) is 17.1 Å². The molecule has 0 radical (unpaired) electrons. The van der Waals surface area contributed by atoms with Crippen molar-refractivity contribution in [3.05, 3.63) is 318 Å². The largest absolute Gasteiger partial charge is 0.310 e. The Morgan fingerprint density at radius 1 is 0.264 bits per heavy atom. The predicted octanol–water partition coefficient (Wildman–Crippen LogP) is 18.5. The van der Waals surface area contributed by atoms with Gasteiger partial charge in [-0.1, -0.05) is 243 Å². The lowest BCUT2D eigenvalue weighted by Gasteiger charge is -2.35. The van der Waals surface area contributed by atoms with Crippen molar-refractivity contribution in [1.29, 1.82) is 0 Å². The number of benzene rings is 12. The lowest BCUT2D eigenvalue weighted by atomic mass is 9.67. The van der Waals surface area contributed by atoms with Crippen molar-refractivity contribution in [2.24, 2.45) is 0 Å². The van der Waals surface area contributed by atoms with Crippen molar-refractivity contribution in [2.75, 3.05) is 4.90 Å². The van der Waals surface area contributed by atoms with Gasteiger partial charge in [0.15, 0.2) is 0 Å². The molecule has 12 aromatic rings. The topological polar surface area (TPSA) is 3.24 Å². The number of hydrogen-bond donors (Lipinski definition) is 0. The Kier molecular flexibility index (Phi) is 9.63. The summed E-state index contributed by atoms with van der Waals surface area (Å²) >= 11 is 0. The van der Waals surface area contributed by atoms with E-state index in [1.165, 1.54) is 105 Å². The molecule has 12 aromatic carbocycles. The number of rotatable bonds is 8. The van der Waals surface area contributed by atoms with Crippen molar-refractivity contribution in [3.8, 4) is 44.5 Å². The van der Waals surface area contributed by atoms with E-state index in [2.05, 4.69) is 291 Å². The minimum absolute atomic E-state index is 0.362. The first-order valence-electron chi connectivity index (χ1n) is 25.2. The van der Waals surface area contributed by atoms with E-state index in [0.717, 1.165) is 17.1 Å². The third-order valence-corrected chi connectivity index (χ3v) is 16.0. The van der Waals surface area contributed by atoms with Crippen LogP contribution in [-0.4, -0.2) is 0 Å². The second-order valence-electron chi connectivity index (χ2n) is 19.6. The molecule has 1 heteroatoms. The summed E-state index contributed by atoms with van der Waals surface area (Å²) < 4.78 is 0. The van der Waals surface area contributed by atoms with Gasteiger partial charge in [0.05, 0.1) is 5.41 Å². The molecule has 0 heterocycles. The van der Waals surface area contributed by atoms with Gasteiger partial charge in [-0.2, -0.15) is 0 Å². The maximum absolute atomic E-state index is 2.50. The molecule has 1 nitrogen and oxygen atoms in total. The first kappa shape index (κ1) is 41.9. The Labute approximate surface area is 421 Å². The molecule has 0 bridgehead atoms. The normalized spacial score (nSPS) is 14.9. The minimum Gasteiger partial charge on any atom is -0.310 e. The molecule has 2 aliphatic rings. The predicted molar refractivity (Wildman–Crippen MR) is 302 cm³/mol. The first-order chi connectivity index (χ1) is 35.6. The van der Waals surface area contributed by atoms with Gasteiger partial charge in [0, 0.05) is 22.5 Å². The Bertz CT molecular complexity index is 3990. The smallest absolute Gasteiger partial charge is 0.0714 e. The Balaban J connectivity index is 1.02. The highest BCUT2D eigenvalue weighted by atomic mass is 15.1. The summed E-state index contributed by atoms with van der Waals surface area (Å²) in [5.41, 5.74) is 21.4. The summed E-state index contributed by atoms with van der Waals surface area (Å²) in [7, 11) is 0. The average molecular weight is 916 g/mol. The first-order valence-corrected chi connectivity index (χ1v) is 25.2. The maximum Gasteiger partial charge on any atom is 0.0714 e. The van der Waals surface area contributed by atoms with Crippen LogP contribution in [0.5, 0.6) is 0 Å². The number of hydrogen-bond acceptors (Lipinski definition) is 1. The highest BCUT2D eigenvalue weighted by Gasteiger charge is 2.47. The fraction of sp³-hybridized carbons (Fsp3) is 0.0423. The van der Waals surface area contributed by atoms with Crippen molar-refractivity contribution in [2.45, 2.75) is 17.8 Å². The zero-order valence-electron chi connectivity index (χ0n) is 40.0. The van der Waals surface area contributed by atoms with Crippen LogP contribution in [0, 0.1) is 0 Å². The lowest BCUT2D eigenvalue weighted by molar-refractivity contribution is 0.714. The van der Waals surface area contributed by atoms with E-state index < -0.39 is 5.41 Å². The van der Waals surface area contributed by atoms with Crippen molar-refractivity contribution in [1.82, 2.24) is 0 Å². The third kappa shape index (κ3) is 6.14. The fourth-order valence-electron chi connectivity index (χ4n) is 12.8. The maximum atomic E-state index is 2.50. The third-order valence-electron chi connectivity index (χ3n) is 16.0. The molecule has 1 unspecified atom stereocenters. The summed E-state index contributed by atoms with van der Waals surface area (Å²) in [4.78, 5) is 2.50. The van der Waals surface area contributed by atoms with Crippen LogP contribution >= 0.6 is 0 Å². The van der Waals surface area contributed by atoms with Crippen LogP contribution in [0.3, 0.4) is 0 Å². The van der Waals surface area contributed by atoms with Crippen molar-refractivity contribution in [3.63, 3.8) is 0 Å². The van der Waals surface area contributed by atoms with Gasteiger partial charge >= 0.3 is 0 Å². The fourth-order valence-corrected chi connectivity index (χ4v) is 12.8. The molecule has 0 saturated heterocycles. The minimum atomic E-state index is -0.545. The second kappa shape index (κ2) is 16.5. The van der Waals surface area contributed by atoms with Gasteiger partial charge in [0.2, 0.25) is 0 Å². The molecule has 0 aliphatic heterocycles. The molecule has 0 fully saturated rings. The second-order valence-corrected chi connectivity index (χ2v) is 19.6. The molecule has 0 spiro atoms. The molecular weight excluding hydrogens is 867 g/mol. The SMILES string of the molecule is CC1(c2ccccc2)c2ccccc2-c2ccc(N(c3ccc(-c4c(-c5ccccc5)c5ccccc5c5ccccc45)cc3)c3ccc4c(c3)C(c3ccccc3)(c3ccccc3)c3ccccc3-4)cc21. The van der Waals surface area contributed by atoms with E-state index in [-0.39, 0.29) is 5.41 Å².